The molecular weight excluding hydrogens is 156 g/mol. The smallest absolute Gasteiger partial charge is 0.349 e. The first kappa shape index (κ1) is 7.16. The highest BCUT2D eigenvalue weighted by Gasteiger charge is 2.17. The lowest BCUT2D eigenvalue weighted by atomic mass is 10.2. The van der Waals surface area contributed by atoms with E-state index < -0.39 is 0 Å². The van der Waals surface area contributed by atoms with Gasteiger partial charge in [-0.1, -0.05) is 6.07 Å². The molecule has 0 bridgehead atoms. The van der Waals surface area contributed by atoms with Gasteiger partial charge in [-0.3, -0.25) is 0 Å². The number of aryl methyl sites for hydroxylation is 1. The molecule has 1 aromatic rings. The SMILES string of the molecule is Cc1ccc2c(c1)OCC(=O)O2. The molecule has 2 rings (SSSR count). The van der Waals surface area contributed by atoms with Crippen molar-refractivity contribution in [3.8, 4) is 11.5 Å². The first-order chi connectivity index (χ1) is 5.75. The van der Waals surface area contributed by atoms with Crippen molar-refractivity contribution >= 4 is 5.97 Å². The number of carbonyl (C=O) groups is 1. The van der Waals surface area contributed by atoms with Gasteiger partial charge < -0.3 is 9.47 Å². The average molecular weight is 164 g/mol. The van der Waals surface area contributed by atoms with Gasteiger partial charge in [0.25, 0.3) is 0 Å². The lowest BCUT2D eigenvalue weighted by Gasteiger charge is -2.16. The summed E-state index contributed by atoms with van der Waals surface area (Å²) >= 11 is 0. The summed E-state index contributed by atoms with van der Waals surface area (Å²) in [4.78, 5) is 10.8. The Morgan fingerprint density at radius 1 is 1.33 bits per heavy atom. The number of hydrogen-bond donors (Lipinski definition) is 0. The number of ether oxygens (including phenoxy) is 2. The normalized spacial score (nSPS) is 14.6. The topological polar surface area (TPSA) is 35.5 Å². The van der Waals surface area contributed by atoms with Crippen molar-refractivity contribution in [3.63, 3.8) is 0 Å². The second-order valence-corrected chi connectivity index (χ2v) is 2.71. The number of esters is 1. The third kappa shape index (κ3) is 1.13. The average Bonchev–Trinajstić information content (AvgIpc) is 2.05. The van der Waals surface area contributed by atoms with E-state index in [1.54, 1.807) is 6.07 Å². The van der Waals surface area contributed by atoms with Crippen LogP contribution in [0.1, 0.15) is 5.56 Å². The Kier molecular flexibility index (Phi) is 1.50. The molecule has 1 heterocycles. The largest absolute Gasteiger partial charge is 0.478 e. The van der Waals surface area contributed by atoms with Crippen LogP contribution < -0.4 is 9.47 Å². The molecule has 1 aliphatic heterocycles. The molecule has 1 aromatic carbocycles. The molecule has 62 valence electrons. The summed E-state index contributed by atoms with van der Waals surface area (Å²) in [6, 6.07) is 5.46. The van der Waals surface area contributed by atoms with E-state index in [-0.39, 0.29) is 12.6 Å². The summed E-state index contributed by atoms with van der Waals surface area (Å²) in [5.74, 6) is 0.817. The van der Waals surface area contributed by atoms with Crippen LogP contribution in [0.2, 0.25) is 0 Å². The number of benzene rings is 1. The van der Waals surface area contributed by atoms with Crippen LogP contribution in [-0.2, 0) is 4.79 Å². The van der Waals surface area contributed by atoms with Crippen LogP contribution in [0.25, 0.3) is 0 Å². The van der Waals surface area contributed by atoms with Crippen molar-refractivity contribution in [2.75, 3.05) is 6.61 Å². The summed E-state index contributed by atoms with van der Waals surface area (Å²) in [6.45, 7) is 1.97. The fourth-order valence-corrected chi connectivity index (χ4v) is 1.10. The minimum atomic E-state index is -0.341. The first-order valence-corrected chi connectivity index (χ1v) is 3.70. The van der Waals surface area contributed by atoms with E-state index in [9.17, 15) is 4.79 Å². The summed E-state index contributed by atoms with van der Waals surface area (Å²) in [5.41, 5.74) is 1.09. The minimum Gasteiger partial charge on any atom is -0.478 e. The zero-order valence-corrected chi connectivity index (χ0v) is 6.66. The van der Waals surface area contributed by atoms with Crippen molar-refractivity contribution in [1.82, 2.24) is 0 Å². The Balaban J connectivity index is 2.43. The maximum absolute atomic E-state index is 10.8. The number of hydrogen-bond acceptors (Lipinski definition) is 3. The monoisotopic (exact) mass is 164 g/mol. The molecule has 0 N–H and O–H groups in total. The van der Waals surface area contributed by atoms with E-state index in [0.29, 0.717) is 11.5 Å². The molecule has 0 spiro atoms. The van der Waals surface area contributed by atoms with E-state index in [0.717, 1.165) is 5.56 Å². The van der Waals surface area contributed by atoms with E-state index in [4.69, 9.17) is 9.47 Å². The number of rotatable bonds is 0. The lowest BCUT2D eigenvalue weighted by Crippen LogP contribution is -2.22. The molecule has 0 saturated carbocycles. The van der Waals surface area contributed by atoms with Crippen LogP contribution >= 0.6 is 0 Å². The van der Waals surface area contributed by atoms with Gasteiger partial charge in [0.15, 0.2) is 18.1 Å². The molecule has 1 aliphatic rings. The molecule has 3 heteroatoms. The molecule has 0 amide bonds. The van der Waals surface area contributed by atoms with Crippen LogP contribution in [0, 0.1) is 6.92 Å². The van der Waals surface area contributed by atoms with Gasteiger partial charge in [0.1, 0.15) is 0 Å². The van der Waals surface area contributed by atoms with Crippen molar-refractivity contribution in [3.05, 3.63) is 23.8 Å². The highest BCUT2D eigenvalue weighted by Crippen LogP contribution is 2.30. The van der Waals surface area contributed by atoms with Crippen LogP contribution in [0.15, 0.2) is 18.2 Å². The lowest BCUT2D eigenvalue weighted by molar-refractivity contribution is -0.138. The van der Waals surface area contributed by atoms with Gasteiger partial charge in [-0.05, 0) is 24.6 Å². The van der Waals surface area contributed by atoms with Crippen molar-refractivity contribution in [2.24, 2.45) is 0 Å². The second-order valence-electron chi connectivity index (χ2n) is 2.71. The summed E-state index contributed by atoms with van der Waals surface area (Å²) in [5, 5.41) is 0. The molecule has 0 atom stereocenters. The fraction of sp³-hybridized carbons (Fsp3) is 0.222. The van der Waals surface area contributed by atoms with Crippen LogP contribution in [-0.4, -0.2) is 12.6 Å². The van der Waals surface area contributed by atoms with Gasteiger partial charge in [-0.25, -0.2) is 4.79 Å². The molecule has 0 unspecified atom stereocenters. The van der Waals surface area contributed by atoms with E-state index in [1.807, 2.05) is 19.1 Å². The second kappa shape index (κ2) is 2.52. The van der Waals surface area contributed by atoms with Gasteiger partial charge >= 0.3 is 5.97 Å². The predicted molar refractivity (Wildman–Crippen MR) is 42.3 cm³/mol. The highest BCUT2D eigenvalue weighted by atomic mass is 16.6. The fourth-order valence-electron chi connectivity index (χ4n) is 1.10. The van der Waals surface area contributed by atoms with Crippen LogP contribution in [0.5, 0.6) is 11.5 Å². The summed E-state index contributed by atoms with van der Waals surface area (Å²) in [6.07, 6.45) is 0. The van der Waals surface area contributed by atoms with Gasteiger partial charge in [0.05, 0.1) is 0 Å². The van der Waals surface area contributed by atoms with Gasteiger partial charge in [-0.2, -0.15) is 0 Å². The Morgan fingerprint density at radius 2 is 2.17 bits per heavy atom. The molecule has 0 saturated heterocycles. The standard InChI is InChI=1S/C9H8O3/c1-6-2-3-7-8(4-6)11-5-9(10)12-7/h2-4H,5H2,1H3. The Bertz CT molecular complexity index is 331. The quantitative estimate of drug-likeness (QED) is 0.428. The molecule has 0 aliphatic carbocycles. The van der Waals surface area contributed by atoms with Crippen LogP contribution in [0.3, 0.4) is 0 Å². The third-order valence-electron chi connectivity index (χ3n) is 1.67. The summed E-state index contributed by atoms with van der Waals surface area (Å²) < 4.78 is 10.1. The molecule has 0 radical (unpaired) electrons. The van der Waals surface area contributed by atoms with E-state index in [1.165, 1.54) is 0 Å². The maximum atomic E-state index is 10.8. The van der Waals surface area contributed by atoms with Crippen LogP contribution in [0.4, 0.5) is 0 Å². The highest BCUT2D eigenvalue weighted by molar-refractivity contribution is 5.76. The Morgan fingerprint density at radius 3 is 3.00 bits per heavy atom. The zero-order chi connectivity index (χ0) is 8.55. The van der Waals surface area contributed by atoms with Gasteiger partial charge in [-0.15, -0.1) is 0 Å². The molecule has 3 nitrogen and oxygen atoms in total. The molecular formula is C9H8O3. The first-order valence-electron chi connectivity index (χ1n) is 3.70. The van der Waals surface area contributed by atoms with Crippen molar-refractivity contribution in [1.29, 1.82) is 0 Å². The third-order valence-corrected chi connectivity index (χ3v) is 1.67. The Labute approximate surface area is 69.9 Å². The maximum Gasteiger partial charge on any atom is 0.349 e. The van der Waals surface area contributed by atoms with E-state index >= 15 is 0 Å². The molecule has 0 aromatic heterocycles. The molecule has 12 heavy (non-hydrogen) atoms. The number of carbonyl (C=O) groups excluding carboxylic acids is 1. The van der Waals surface area contributed by atoms with Gasteiger partial charge in [0.2, 0.25) is 0 Å². The summed E-state index contributed by atoms with van der Waals surface area (Å²) in [7, 11) is 0. The number of fused-ring (bicyclic) bond motifs is 1. The van der Waals surface area contributed by atoms with Gasteiger partial charge in [0, 0.05) is 0 Å². The Hall–Kier alpha value is -1.51. The zero-order valence-electron chi connectivity index (χ0n) is 6.66. The van der Waals surface area contributed by atoms with Crippen molar-refractivity contribution < 1.29 is 14.3 Å². The minimum absolute atomic E-state index is 0.0104. The van der Waals surface area contributed by atoms with Crippen molar-refractivity contribution in [2.45, 2.75) is 6.92 Å². The van der Waals surface area contributed by atoms with E-state index in [2.05, 4.69) is 0 Å². The predicted octanol–water partition coefficient (Wildman–Crippen LogP) is 1.29. The molecule has 0 fully saturated rings.